The van der Waals surface area contributed by atoms with E-state index >= 15 is 0 Å². The van der Waals surface area contributed by atoms with Crippen molar-refractivity contribution < 1.29 is 4.74 Å². The summed E-state index contributed by atoms with van der Waals surface area (Å²) >= 11 is 0. The summed E-state index contributed by atoms with van der Waals surface area (Å²) in [5, 5.41) is 3.67. The van der Waals surface area contributed by atoms with Gasteiger partial charge in [-0.2, -0.15) is 0 Å². The van der Waals surface area contributed by atoms with Gasteiger partial charge in [0.05, 0.1) is 12.6 Å². The molecule has 1 N–H and O–H groups in total. The van der Waals surface area contributed by atoms with Crippen LogP contribution < -0.4 is 5.32 Å². The summed E-state index contributed by atoms with van der Waals surface area (Å²) in [7, 11) is 1.78. The van der Waals surface area contributed by atoms with Crippen molar-refractivity contribution >= 4 is 5.69 Å². The average Bonchev–Trinajstić information content (AvgIpc) is 3.13. The van der Waals surface area contributed by atoms with Gasteiger partial charge in [-0.1, -0.05) is 32.0 Å². The maximum absolute atomic E-state index is 5.32. The van der Waals surface area contributed by atoms with Gasteiger partial charge in [0, 0.05) is 12.8 Å². The third kappa shape index (κ3) is 3.22. The van der Waals surface area contributed by atoms with E-state index in [0.29, 0.717) is 12.0 Å². The molecule has 0 spiro atoms. The molecule has 0 aromatic heterocycles. The number of nitrogens with one attached hydrogen (secondary N) is 1. The lowest BCUT2D eigenvalue weighted by atomic mass is 10.0. The number of ether oxygens (including phenoxy) is 1. The Balaban J connectivity index is 2.10. The second-order valence-corrected chi connectivity index (χ2v) is 5.29. The van der Waals surface area contributed by atoms with Crippen molar-refractivity contribution in [1.82, 2.24) is 0 Å². The monoisotopic (exact) mass is 233 g/mol. The van der Waals surface area contributed by atoms with Crippen molar-refractivity contribution in [2.75, 3.05) is 19.0 Å². The van der Waals surface area contributed by atoms with Crippen LogP contribution in [-0.2, 0) is 4.74 Å². The molecule has 1 aliphatic rings. The molecule has 17 heavy (non-hydrogen) atoms. The predicted molar refractivity (Wildman–Crippen MR) is 72.5 cm³/mol. The summed E-state index contributed by atoms with van der Waals surface area (Å²) in [6, 6.07) is 9.08. The molecular weight excluding hydrogens is 210 g/mol. The van der Waals surface area contributed by atoms with E-state index in [1.807, 2.05) is 0 Å². The minimum atomic E-state index is 0.472. The molecular formula is C15H23NO. The van der Waals surface area contributed by atoms with E-state index in [1.165, 1.54) is 24.1 Å². The van der Waals surface area contributed by atoms with Gasteiger partial charge in [-0.25, -0.2) is 0 Å². The molecule has 1 fully saturated rings. The number of benzene rings is 1. The summed E-state index contributed by atoms with van der Waals surface area (Å²) in [6.45, 7) is 5.28. The van der Waals surface area contributed by atoms with Gasteiger partial charge in [-0.05, 0) is 36.3 Å². The first-order valence-electron chi connectivity index (χ1n) is 6.56. The van der Waals surface area contributed by atoms with E-state index in [0.717, 1.165) is 12.5 Å². The first-order chi connectivity index (χ1) is 8.22. The molecule has 0 amide bonds. The Kier molecular flexibility index (Phi) is 4.06. The van der Waals surface area contributed by atoms with Gasteiger partial charge in [-0.15, -0.1) is 0 Å². The van der Waals surface area contributed by atoms with E-state index in [-0.39, 0.29) is 0 Å². The number of rotatable bonds is 6. The van der Waals surface area contributed by atoms with Crippen molar-refractivity contribution in [3.8, 4) is 0 Å². The maximum atomic E-state index is 5.32. The summed E-state index contributed by atoms with van der Waals surface area (Å²) in [5.41, 5.74) is 2.67. The molecule has 94 valence electrons. The Bertz CT molecular complexity index is 358. The molecule has 1 aromatic carbocycles. The van der Waals surface area contributed by atoms with Gasteiger partial charge in [0.1, 0.15) is 0 Å². The number of hydrogen-bond donors (Lipinski definition) is 1. The lowest BCUT2D eigenvalue weighted by Crippen LogP contribution is -2.27. The Morgan fingerprint density at radius 3 is 2.59 bits per heavy atom. The van der Waals surface area contributed by atoms with E-state index in [4.69, 9.17) is 4.74 Å². The molecule has 0 radical (unpaired) electrons. The first kappa shape index (κ1) is 12.4. The van der Waals surface area contributed by atoms with E-state index in [1.54, 1.807) is 7.11 Å². The normalized spacial score (nSPS) is 17.2. The second kappa shape index (κ2) is 5.54. The Labute approximate surface area is 104 Å². The van der Waals surface area contributed by atoms with E-state index in [2.05, 4.69) is 43.4 Å². The molecule has 1 aromatic rings. The smallest absolute Gasteiger partial charge is 0.0666 e. The van der Waals surface area contributed by atoms with Crippen LogP contribution in [-0.4, -0.2) is 19.8 Å². The van der Waals surface area contributed by atoms with Crippen LogP contribution in [0.4, 0.5) is 5.69 Å². The van der Waals surface area contributed by atoms with Crippen LogP contribution in [0.25, 0.3) is 0 Å². The zero-order chi connectivity index (χ0) is 12.3. The van der Waals surface area contributed by atoms with Gasteiger partial charge in [0.15, 0.2) is 0 Å². The molecule has 1 saturated carbocycles. The zero-order valence-electron chi connectivity index (χ0n) is 11.1. The molecule has 2 heteroatoms. The first-order valence-corrected chi connectivity index (χ1v) is 6.56. The van der Waals surface area contributed by atoms with Crippen molar-refractivity contribution in [2.24, 2.45) is 5.92 Å². The van der Waals surface area contributed by atoms with E-state index < -0.39 is 0 Å². The third-order valence-corrected chi connectivity index (χ3v) is 3.46. The van der Waals surface area contributed by atoms with Gasteiger partial charge >= 0.3 is 0 Å². The molecule has 2 rings (SSSR count). The van der Waals surface area contributed by atoms with Crippen molar-refractivity contribution in [3.05, 3.63) is 29.8 Å². The molecule has 0 aliphatic heterocycles. The van der Waals surface area contributed by atoms with Crippen LogP contribution in [0.2, 0.25) is 0 Å². The largest absolute Gasteiger partial charge is 0.383 e. The Morgan fingerprint density at radius 1 is 1.29 bits per heavy atom. The summed E-state index contributed by atoms with van der Waals surface area (Å²) in [5.74, 6) is 1.36. The fourth-order valence-electron chi connectivity index (χ4n) is 2.31. The highest BCUT2D eigenvalue weighted by molar-refractivity contribution is 5.53. The highest BCUT2D eigenvalue weighted by Gasteiger charge is 2.31. The van der Waals surface area contributed by atoms with Crippen LogP contribution in [0.1, 0.15) is 38.2 Å². The lowest BCUT2D eigenvalue weighted by molar-refractivity contribution is 0.179. The molecule has 1 unspecified atom stereocenters. The van der Waals surface area contributed by atoms with Crippen LogP contribution in [0.15, 0.2) is 24.3 Å². The minimum absolute atomic E-state index is 0.472. The third-order valence-electron chi connectivity index (χ3n) is 3.46. The van der Waals surface area contributed by atoms with Crippen LogP contribution in [0.3, 0.4) is 0 Å². The standard InChI is InChI=1S/C15H23NO/c1-11(2)13-6-4-5-7-14(13)16-15(10-17-3)12-8-9-12/h4-7,11-12,15-16H,8-10H2,1-3H3. The molecule has 0 saturated heterocycles. The number of methoxy groups -OCH3 is 1. The molecule has 0 bridgehead atoms. The maximum Gasteiger partial charge on any atom is 0.0666 e. The van der Waals surface area contributed by atoms with Crippen molar-refractivity contribution in [1.29, 1.82) is 0 Å². The summed E-state index contributed by atoms with van der Waals surface area (Å²) in [4.78, 5) is 0. The quantitative estimate of drug-likeness (QED) is 0.810. The van der Waals surface area contributed by atoms with Crippen LogP contribution in [0, 0.1) is 5.92 Å². The lowest BCUT2D eigenvalue weighted by Gasteiger charge is -2.22. The van der Waals surface area contributed by atoms with Gasteiger partial charge < -0.3 is 10.1 Å². The Hall–Kier alpha value is -1.02. The number of para-hydroxylation sites is 1. The Morgan fingerprint density at radius 2 is 2.00 bits per heavy atom. The van der Waals surface area contributed by atoms with Crippen LogP contribution in [0.5, 0.6) is 0 Å². The van der Waals surface area contributed by atoms with Gasteiger partial charge in [0.2, 0.25) is 0 Å². The molecule has 1 aliphatic carbocycles. The van der Waals surface area contributed by atoms with Crippen molar-refractivity contribution in [3.63, 3.8) is 0 Å². The molecule has 1 atom stereocenters. The molecule has 0 heterocycles. The van der Waals surface area contributed by atoms with Crippen molar-refractivity contribution in [2.45, 2.75) is 38.6 Å². The fraction of sp³-hybridized carbons (Fsp3) is 0.600. The van der Waals surface area contributed by atoms with E-state index in [9.17, 15) is 0 Å². The predicted octanol–water partition coefficient (Wildman–Crippen LogP) is 3.65. The van der Waals surface area contributed by atoms with Crippen LogP contribution >= 0.6 is 0 Å². The van der Waals surface area contributed by atoms with Gasteiger partial charge in [0.25, 0.3) is 0 Å². The topological polar surface area (TPSA) is 21.3 Å². The molecule has 2 nitrogen and oxygen atoms in total. The summed E-state index contributed by atoms with van der Waals surface area (Å²) in [6.07, 6.45) is 2.68. The number of anilines is 1. The second-order valence-electron chi connectivity index (χ2n) is 5.29. The highest BCUT2D eigenvalue weighted by atomic mass is 16.5. The SMILES string of the molecule is COCC(Nc1ccccc1C(C)C)C1CC1. The minimum Gasteiger partial charge on any atom is -0.383 e. The average molecular weight is 233 g/mol. The number of hydrogen-bond acceptors (Lipinski definition) is 2. The summed E-state index contributed by atoms with van der Waals surface area (Å²) < 4.78 is 5.32. The van der Waals surface area contributed by atoms with Gasteiger partial charge in [-0.3, -0.25) is 0 Å². The fourth-order valence-corrected chi connectivity index (χ4v) is 2.31. The zero-order valence-corrected chi connectivity index (χ0v) is 11.1. The highest BCUT2D eigenvalue weighted by Crippen LogP contribution is 2.35.